The Balaban J connectivity index is 1.45. The summed E-state index contributed by atoms with van der Waals surface area (Å²) in [6.45, 7) is 1.68. The van der Waals surface area contributed by atoms with E-state index < -0.39 is 0 Å². The van der Waals surface area contributed by atoms with Gasteiger partial charge in [-0.25, -0.2) is 19.9 Å². The molecule has 28 heavy (non-hydrogen) atoms. The fourth-order valence-corrected chi connectivity index (χ4v) is 4.32. The number of hydrogen-bond donors (Lipinski definition) is 0. The van der Waals surface area contributed by atoms with Crippen molar-refractivity contribution in [3.05, 3.63) is 57.8 Å². The van der Waals surface area contributed by atoms with Crippen molar-refractivity contribution in [1.29, 1.82) is 0 Å². The SMILES string of the molecule is Cn1c(N2CC3C[C@H]2CN3c2ccc(Br)cn2)nc(-c2ccncn2)cc1=O. The average molecular weight is 440 g/mol. The van der Waals surface area contributed by atoms with Crippen LogP contribution in [0.5, 0.6) is 0 Å². The second-order valence-corrected chi connectivity index (χ2v) is 8.03. The van der Waals surface area contributed by atoms with E-state index in [0.717, 1.165) is 29.8 Å². The maximum atomic E-state index is 12.5. The average Bonchev–Trinajstić information content (AvgIpc) is 3.32. The third kappa shape index (κ3) is 2.86. The molecule has 0 saturated carbocycles. The molecule has 2 atom stereocenters. The summed E-state index contributed by atoms with van der Waals surface area (Å²) in [5.74, 6) is 1.68. The van der Waals surface area contributed by atoms with Crippen molar-refractivity contribution in [1.82, 2.24) is 24.5 Å². The van der Waals surface area contributed by atoms with Crippen LogP contribution in [0.4, 0.5) is 11.8 Å². The van der Waals surface area contributed by atoms with Crippen LogP contribution in [0.25, 0.3) is 11.4 Å². The minimum Gasteiger partial charge on any atom is -0.350 e. The summed E-state index contributed by atoms with van der Waals surface area (Å²) in [7, 11) is 1.77. The van der Waals surface area contributed by atoms with Gasteiger partial charge in [0.2, 0.25) is 5.95 Å². The van der Waals surface area contributed by atoms with Crippen LogP contribution in [0.1, 0.15) is 6.42 Å². The van der Waals surface area contributed by atoms with Gasteiger partial charge >= 0.3 is 0 Å². The Morgan fingerprint density at radius 2 is 1.89 bits per heavy atom. The lowest BCUT2D eigenvalue weighted by atomic mass is 10.2. The maximum absolute atomic E-state index is 12.5. The molecule has 0 radical (unpaired) electrons. The van der Waals surface area contributed by atoms with Crippen molar-refractivity contribution in [3.63, 3.8) is 0 Å². The molecule has 2 fully saturated rings. The largest absolute Gasteiger partial charge is 0.350 e. The van der Waals surface area contributed by atoms with Crippen LogP contribution in [0.15, 0.2) is 52.3 Å². The van der Waals surface area contributed by atoms with Gasteiger partial charge in [-0.15, -0.1) is 0 Å². The lowest BCUT2D eigenvalue weighted by molar-refractivity contribution is 0.610. The van der Waals surface area contributed by atoms with Crippen molar-refractivity contribution in [2.24, 2.45) is 7.05 Å². The van der Waals surface area contributed by atoms with Crippen LogP contribution < -0.4 is 15.4 Å². The molecule has 9 heteroatoms. The third-order valence-electron chi connectivity index (χ3n) is 5.46. The van der Waals surface area contributed by atoms with E-state index >= 15 is 0 Å². The number of halogens is 1. The highest BCUT2D eigenvalue weighted by molar-refractivity contribution is 9.10. The fraction of sp³-hybridized carbons (Fsp3) is 0.316. The summed E-state index contributed by atoms with van der Waals surface area (Å²) < 4.78 is 2.59. The zero-order chi connectivity index (χ0) is 19.3. The van der Waals surface area contributed by atoms with Gasteiger partial charge in [-0.2, -0.15) is 0 Å². The van der Waals surface area contributed by atoms with E-state index in [4.69, 9.17) is 4.98 Å². The van der Waals surface area contributed by atoms with Gasteiger partial charge < -0.3 is 9.80 Å². The summed E-state index contributed by atoms with van der Waals surface area (Å²) in [6.07, 6.45) is 5.98. The maximum Gasteiger partial charge on any atom is 0.255 e. The molecular formula is C19H18BrN7O. The topological polar surface area (TPSA) is 80.0 Å². The molecule has 3 aromatic heterocycles. The van der Waals surface area contributed by atoms with Crippen molar-refractivity contribution in [2.75, 3.05) is 22.9 Å². The van der Waals surface area contributed by atoms with E-state index in [1.807, 2.05) is 18.3 Å². The van der Waals surface area contributed by atoms with Gasteiger partial charge in [0, 0.05) is 43.1 Å². The molecule has 0 amide bonds. The second-order valence-electron chi connectivity index (χ2n) is 7.12. The van der Waals surface area contributed by atoms with Crippen LogP contribution in [0, 0.1) is 0 Å². The molecule has 3 aromatic rings. The number of fused-ring (bicyclic) bond motifs is 2. The Hall–Kier alpha value is -2.81. The molecule has 5 heterocycles. The Morgan fingerprint density at radius 3 is 2.57 bits per heavy atom. The van der Waals surface area contributed by atoms with Gasteiger partial charge in [-0.05, 0) is 40.5 Å². The van der Waals surface area contributed by atoms with E-state index in [-0.39, 0.29) is 5.56 Å². The smallest absolute Gasteiger partial charge is 0.255 e. The monoisotopic (exact) mass is 439 g/mol. The zero-order valence-electron chi connectivity index (χ0n) is 15.2. The standard InChI is InChI=1S/C19H18BrN7O/c1-25-18(28)7-16(15-4-5-21-11-23-15)24-19(25)27-10-13-6-14(27)9-26(13)17-3-2-12(20)8-22-17/h2-5,7-8,11,13-14H,6,9-10H2,1H3/t13?,14-/m0/s1. The molecule has 0 aliphatic carbocycles. The number of aromatic nitrogens is 5. The molecule has 142 valence electrons. The first-order chi connectivity index (χ1) is 13.6. The molecule has 5 rings (SSSR count). The molecule has 0 N–H and O–H groups in total. The van der Waals surface area contributed by atoms with Crippen LogP contribution >= 0.6 is 15.9 Å². The van der Waals surface area contributed by atoms with E-state index in [2.05, 4.69) is 40.7 Å². The first kappa shape index (κ1) is 17.3. The molecule has 2 saturated heterocycles. The van der Waals surface area contributed by atoms with E-state index in [0.29, 0.717) is 29.4 Å². The summed E-state index contributed by atoms with van der Waals surface area (Å²) in [6, 6.07) is 8.01. The van der Waals surface area contributed by atoms with Crippen LogP contribution in [-0.2, 0) is 7.05 Å². The first-order valence-electron chi connectivity index (χ1n) is 9.09. The van der Waals surface area contributed by atoms with Gasteiger partial charge in [0.1, 0.15) is 12.1 Å². The summed E-state index contributed by atoms with van der Waals surface area (Å²) in [5, 5.41) is 0. The molecule has 2 aliphatic heterocycles. The number of anilines is 2. The highest BCUT2D eigenvalue weighted by Crippen LogP contribution is 2.36. The molecule has 0 aromatic carbocycles. The molecule has 0 spiro atoms. The molecule has 8 nitrogen and oxygen atoms in total. The number of hydrogen-bond acceptors (Lipinski definition) is 7. The number of piperazine rings is 1. The molecule has 2 aliphatic rings. The summed E-state index contributed by atoms with van der Waals surface area (Å²) in [5.41, 5.74) is 1.14. The van der Waals surface area contributed by atoms with E-state index in [1.165, 1.54) is 12.4 Å². The van der Waals surface area contributed by atoms with Gasteiger partial charge in [0.15, 0.2) is 0 Å². The Morgan fingerprint density at radius 1 is 1.07 bits per heavy atom. The number of rotatable bonds is 3. The summed E-state index contributed by atoms with van der Waals surface area (Å²) in [4.78, 5) is 34.6. The normalized spacial score (nSPS) is 20.8. The van der Waals surface area contributed by atoms with Crippen LogP contribution in [-0.4, -0.2) is 49.7 Å². The first-order valence-corrected chi connectivity index (χ1v) is 9.89. The van der Waals surface area contributed by atoms with Crippen molar-refractivity contribution in [2.45, 2.75) is 18.5 Å². The lowest BCUT2D eigenvalue weighted by Crippen LogP contribution is -2.48. The zero-order valence-corrected chi connectivity index (χ0v) is 16.8. The minimum atomic E-state index is -0.0900. The van der Waals surface area contributed by atoms with E-state index in [9.17, 15) is 4.79 Å². The highest BCUT2D eigenvalue weighted by Gasteiger charge is 2.45. The summed E-state index contributed by atoms with van der Waals surface area (Å²) >= 11 is 3.44. The van der Waals surface area contributed by atoms with Crippen LogP contribution in [0.3, 0.4) is 0 Å². The quantitative estimate of drug-likeness (QED) is 0.615. The second kappa shape index (κ2) is 6.66. The number of pyridine rings is 1. The van der Waals surface area contributed by atoms with Gasteiger partial charge in [-0.3, -0.25) is 9.36 Å². The lowest BCUT2D eigenvalue weighted by Gasteiger charge is -2.36. The van der Waals surface area contributed by atoms with Gasteiger partial charge in [0.25, 0.3) is 5.56 Å². The van der Waals surface area contributed by atoms with Crippen molar-refractivity contribution >= 4 is 27.7 Å². The minimum absolute atomic E-state index is 0.0900. The highest BCUT2D eigenvalue weighted by atomic mass is 79.9. The number of nitrogens with zero attached hydrogens (tertiary/aromatic N) is 7. The van der Waals surface area contributed by atoms with E-state index in [1.54, 1.807) is 23.9 Å². The Bertz CT molecular complexity index is 1070. The Kier molecular flexibility index (Phi) is 4.12. The molecule has 2 bridgehead atoms. The third-order valence-corrected chi connectivity index (χ3v) is 5.93. The van der Waals surface area contributed by atoms with Crippen molar-refractivity contribution < 1.29 is 0 Å². The Labute approximate surface area is 170 Å². The van der Waals surface area contributed by atoms with Crippen LogP contribution in [0.2, 0.25) is 0 Å². The molecular weight excluding hydrogens is 422 g/mol. The fourth-order valence-electron chi connectivity index (χ4n) is 4.09. The molecule has 1 unspecified atom stereocenters. The van der Waals surface area contributed by atoms with Gasteiger partial charge in [0.05, 0.1) is 23.5 Å². The van der Waals surface area contributed by atoms with Crippen molar-refractivity contribution in [3.8, 4) is 11.4 Å². The predicted octanol–water partition coefficient (Wildman–Crippen LogP) is 1.86. The van der Waals surface area contributed by atoms with Gasteiger partial charge in [-0.1, -0.05) is 0 Å². The predicted molar refractivity (Wildman–Crippen MR) is 109 cm³/mol.